The molecule has 1 unspecified atom stereocenters. The maximum Gasteiger partial charge on any atom is 0.126 e. The Morgan fingerprint density at radius 1 is 1.53 bits per heavy atom. The maximum atomic E-state index is 13.5. The molecule has 0 radical (unpaired) electrons. The molecule has 1 aromatic carbocycles. The zero-order valence-electron chi connectivity index (χ0n) is 8.82. The fourth-order valence-corrected chi connectivity index (χ4v) is 2.62. The van der Waals surface area contributed by atoms with E-state index < -0.39 is 0 Å². The van der Waals surface area contributed by atoms with E-state index in [0.29, 0.717) is 0 Å². The summed E-state index contributed by atoms with van der Waals surface area (Å²) in [5.41, 5.74) is 0.864. The Morgan fingerprint density at radius 2 is 2.33 bits per heavy atom. The number of halogens is 2. The summed E-state index contributed by atoms with van der Waals surface area (Å²) in [5.74, 6) is -0.104. The molecule has 1 N–H and O–H groups in total. The van der Waals surface area contributed by atoms with Gasteiger partial charge in [-0.25, -0.2) is 4.39 Å². The Bertz CT molecular complexity index is 359. The van der Waals surface area contributed by atoms with Gasteiger partial charge in [0.15, 0.2) is 0 Å². The van der Waals surface area contributed by atoms with E-state index in [9.17, 15) is 4.39 Å². The lowest BCUT2D eigenvalue weighted by Gasteiger charge is -2.24. The van der Waals surface area contributed by atoms with Gasteiger partial charge in [-0.1, -0.05) is 15.9 Å². The van der Waals surface area contributed by atoms with Crippen LogP contribution in [-0.4, -0.2) is 12.1 Å². The van der Waals surface area contributed by atoms with E-state index >= 15 is 0 Å². The summed E-state index contributed by atoms with van der Waals surface area (Å²) in [6, 6.07) is 5.14. The van der Waals surface area contributed by atoms with Crippen LogP contribution in [-0.2, 0) is 6.42 Å². The van der Waals surface area contributed by atoms with Crippen molar-refractivity contribution in [2.24, 2.45) is 0 Å². The van der Waals surface area contributed by atoms with Crippen molar-refractivity contribution in [3.8, 4) is 0 Å². The molecule has 1 aromatic rings. The van der Waals surface area contributed by atoms with Gasteiger partial charge < -0.3 is 5.32 Å². The highest BCUT2D eigenvalue weighted by atomic mass is 79.9. The summed E-state index contributed by atoms with van der Waals surface area (Å²) in [4.78, 5) is 0. The minimum atomic E-state index is -0.104. The van der Waals surface area contributed by atoms with Gasteiger partial charge in [0.05, 0.1) is 0 Å². The van der Waals surface area contributed by atoms with Gasteiger partial charge >= 0.3 is 0 Å². The van der Waals surface area contributed by atoms with Crippen molar-refractivity contribution < 1.29 is 4.39 Å². The number of benzene rings is 1. The molecular formula is C12H15BrFN. The van der Waals surface area contributed by atoms with Gasteiger partial charge in [0, 0.05) is 10.0 Å². The van der Waals surface area contributed by atoms with Crippen LogP contribution >= 0.6 is 15.9 Å². The van der Waals surface area contributed by atoms with Crippen LogP contribution in [0.2, 0.25) is 0 Å². The summed E-state index contributed by atoms with van der Waals surface area (Å²) in [7, 11) is 0. The van der Waals surface area contributed by atoms with Crippen LogP contribution < -0.4 is 5.32 Å². The minimum Gasteiger partial charge on any atom is -0.311 e. The number of hydrogen-bond acceptors (Lipinski definition) is 1. The average Bonchev–Trinajstić information content (AvgIpc) is 2.59. The van der Waals surface area contributed by atoms with Gasteiger partial charge in [0.1, 0.15) is 5.82 Å². The van der Waals surface area contributed by atoms with Crippen LogP contribution in [0.4, 0.5) is 4.39 Å². The standard InChI is InChI=1S/C12H15BrFN/c1-12(5-2-6-15-12)8-9-7-10(13)3-4-11(9)14/h3-4,7,15H,2,5-6,8H2,1H3. The van der Waals surface area contributed by atoms with Crippen molar-refractivity contribution in [3.63, 3.8) is 0 Å². The number of rotatable bonds is 2. The molecule has 3 heteroatoms. The molecule has 1 saturated heterocycles. The third kappa shape index (κ3) is 2.58. The van der Waals surface area contributed by atoms with Crippen LogP contribution in [0.15, 0.2) is 22.7 Å². The second kappa shape index (κ2) is 4.22. The van der Waals surface area contributed by atoms with E-state index in [2.05, 4.69) is 28.2 Å². The molecule has 0 bridgehead atoms. The van der Waals surface area contributed by atoms with E-state index in [0.717, 1.165) is 29.4 Å². The lowest BCUT2D eigenvalue weighted by atomic mass is 9.91. The Hall–Kier alpha value is -0.410. The molecule has 1 heterocycles. The molecule has 1 nitrogen and oxygen atoms in total. The Labute approximate surface area is 98.2 Å². The molecule has 15 heavy (non-hydrogen) atoms. The Kier molecular flexibility index (Phi) is 3.12. The van der Waals surface area contributed by atoms with Gasteiger partial charge in [-0.05, 0) is 56.5 Å². The SMILES string of the molecule is CC1(Cc2cc(Br)ccc2F)CCCN1. The summed E-state index contributed by atoms with van der Waals surface area (Å²) < 4.78 is 14.5. The van der Waals surface area contributed by atoms with Crippen LogP contribution in [0.25, 0.3) is 0 Å². The predicted molar refractivity (Wildman–Crippen MR) is 63.4 cm³/mol. The lowest BCUT2D eigenvalue weighted by Crippen LogP contribution is -2.38. The van der Waals surface area contributed by atoms with Gasteiger partial charge in [-0.15, -0.1) is 0 Å². The summed E-state index contributed by atoms with van der Waals surface area (Å²) in [6.07, 6.45) is 3.07. The molecule has 2 rings (SSSR count). The second-order valence-electron chi connectivity index (χ2n) is 4.50. The predicted octanol–water partition coefficient (Wildman–Crippen LogP) is 3.27. The first-order valence-corrected chi connectivity index (χ1v) is 6.07. The highest BCUT2D eigenvalue weighted by Crippen LogP contribution is 2.26. The first-order chi connectivity index (χ1) is 7.09. The summed E-state index contributed by atoms with van der Waals surface area (Å²) in [5, 5.41) is 3.45. The zero-order valence-corrected chi connectivity index (χ0v) is 10.4. The van der Waals surface area contributed by atoms with E-state index in [4.69, 9.17) is 0 Å². The molecule has 0 aliphatic carbocycles. The molecular weight excluding hydrogens is 257 g/mol. The van der Waals surface area contributed by atoms with E-state index in [1.807, 2.05) is 6.07 Å². The molecule has 0 spiro atoms. The van der Waals surface area contributed by atoms with Crippen molar-refractivity contribution in [1.82, 2.24) is 5.32 Å². The number of hydrogen-bond donors (Lipinski definition) is 1. The highest BCUT2D eigenvalue weighted by Gasteiger charge is 2.28. The summed E-state index contributed by atoms with van der Waals surface area (Å²) in [6.45, 7) is 3.21. The van der Waals surface area contributed by atoms with Crippen LogP contribution in [0.1, 0.15) is 25.3 Å². The smallest absolute Gasteiger partial charge is 0.126 e. The van der Waals surface area contributed by atoms with Gasteiger partial charge in [-0.2, -0.15) is 0 Å². The monoisotopic (exact) mass is 271 g/mol. The summed E-state index contributed by atoms with van der Waals surface area (Å²) >= 11 is 3.38. The van der Waals surface area contributed by atoms with Gasteiger partial charge in [0.2, 0.25) is 0 Å². The topological polar surface area (TPSA) is 12.0 Å². The average molecular weight is 272 g/mol. The molecule has 0 aromatic heterocycles. The molecule has 1 atom stereocenters. The first kappa shape index (κ1) is 11.1. The molecule has 0 amide bonds. The van der Waals surface area contributed by atoms with E-state index in [1.165, 1.54) is 12.5 Å². The molecule has 1 fully saturated rings. The quantitative estimate of drug-likeness (QED) is 0.871. The van der Waals surface area contributed by atoms with Crippen molar-refractivity contribution >= 4 is 15.9 Å². The second-order valence-corrected chi connectivity index (χ2v) is 5.42. The van der Waals surface area contributed by atoms with Crippen molar-refractivity contribution in [2.75, 3.05) is 6.54 Å². The van der Waals surface area contributed by atoms with E-state index in [1.54, 1.807) is 6.07 Å². The molecule has 1 aliphatic heterocycles. The van der Waals surface area contributed by atoms with Crippen LogP contribution in [0.3, 0.4) is 0 Å². The Morgan fingerprint density at radius 3 is 3.00 bits per heavy atom. The Balaban J connectivity index is 2.19. The van der Waals surface area contributed by atoms with Crippen molar-refractivity contribution in [2.45, 2.75) is 31.7 Å². The minimum absolute atomic E-state index is 0.0711. The first-order valence-electron chi connectivity index (χ1n) is 5.28. The van der Waals surface area contributed by atoms with Crippen LogP contribution in [0.5, 0.6) is 0 Å². The third-order valence-corrected chi connectivity index (χ3v) is 3.54. The normalized spacial score (nSPS) is 25.8. The third-order valence-electron chi connectivity index (χ3n) is 3.05. The zero-order chi connectivity index (χ0) is 10.9. The van der Waals surface area contributed by atoms with Gasteiger partial charge in [-0.3, -0.25) is 0 Å². The van der Waals surface area contributed by atoms with Crippen molar-refractivity contribution in [3.05, 3.63) is 34.1 Å². The fraction of sp³-hybridized carbons (Fsp3) is 0.500. The lowest BCUT2D eigenvalue weighted by molar-refractivity contribution is 0.405. The highest BCUT2D eigenvalue weighted by molar-refractivity contribution is 9.10. The van der Waals surface area contributed by atoms with Gasteiger partial charge in [0.25, 0.3) is 0 Å². The molecule has 0 saturated carbocycles. The molecule has 82 valence electrons. The molecule has 1 aliphatic rings. The fourth-order valence-electron chi connectivity index (χ4n) is 2.21. The number of nitrogens with one attached hydrogen (secondary N) is 1. The van der Waals surface area contributed by atoms with E-state index in [-0.39, 0.29) is 11.4 Å². The van der Waals surface area contributed by atoms with Crippen LogP contribution in [0, 0.1) is 5.82 Å². The maximum absolute atomic E-state index is 13.5. The van der Waals surface area contributed by atoms with Crippen molar-refractivity contribution in [1.29, 1.82) is 0 Å². The largest absolute Gasteiger partial charge is 0.311 e.